The second-order valence-electron chi connectivity index (χ2n) is 5.07. The van der Waals surface area contributed by atoms with Crippen LogP contribution in [0.15, 0.2) is 42.5 Å². The van der Waals surface area contributed by atoms with Gasteiger partial charge in [-0.3, -0.25) is 0 Å². The van der Waals surface area contributed by atoms with Crippen molar-refractivity contribution in [3.63, 3.8) is 0 Å². The van der Waals surface area contributed by atoms with Crippen molar-refractivity contribution in [2.45, 2.75) is 20.3 Å². The third-order valence-electron chi connectivity index (χ3n) is 3.43. The first-order valence-corrected chi connectivity index (χ1v) is 6.72. The van der Waals surface area contributed by atoms with Crippen molar-refractivity contribution in [3.8, 4) is 0 Å². The number of rotatable bonds is 4. The van der Waals surface area contributed by atoms with E-state index in [9.17, 15) is 0 Å². The van der Waals surface area contributed by atoms with Crippen LogP contribution < -0.4 is 10.6 Å². The standard InChI is InChI=1S/C17H22N2/c1-13-4-7-16(8-5-13)19(3)17-9-6-14(2)12-15(17)10-11-18/h4-9,12H,10-11,18H2,1-3H3. The molecule has 0 aliphatic rings. The summed E-state index contributed by atoms with van der Waals surface area (Å²) in [7, 11) is 2.11. The third-order valence-corrected chi connectivity index (χ3v) is 3.43. The highest BCUT2D eigenvalue weighted by molar-refractivity contribution is 5.66. The van der Waals surface area contributed by atoms with E-state index >= 15 is 0 Å². The first kappa shape index (κ1) is 13.6. The summed E-state index contributed by atoms with van der Waals surface area (Å²) in [5.74, 6) is 0. The quantitative estimate of drug-likeness (QED) is 0.903. The van der Waals surface area contributed by atoms with Crippen molar-refractivity contribution in [2.24, 2.45) is 5.73 Å². The van der Waals surface area contributed by atoms with E-state index in [1.54, 1.807) is 0 Å². The summed E-state index contributed by atoms with van der Waals surface area (Å²) in [5, 5.41) is 0. The molecule has 19 heavy (non-hydrogen) atoms. The number of hydrogen-bond acceptors (Lipinski definition) is 2. The molecule has 0 unspecified atom stereocenters. The van der Waals surface area contributed by atoms with E-state index in [-0.39, 0.29) is 0 Å². The van der Waals surface area contributed by atoms with Gasteiger partial charge in [-0.15, -0.1) is 0 Å². The normalized spacial score (nSPS) is 10.5. The smallest absolute Gasteiger partial charge is 0.0441 e. The Morgan fingerprint density at radius 2 is 1.58 bits per heavy atom. The van der Waals surface area contributed by atoms with Crippen LogP contribution in [0.4, 0.5) is 11.4 Å². The molecule has 0 radical (unpaired) electrons. The summed E-state index contributed by atoms with van der Waals surface area (Å²) in [5.41, 5.74) is 12.0. The molecule has 2 heteroatoms. The van der Waals surface area contributed by atoms with Crippen LogP contribution >= 0.6 is 0 Å². The molecule has 2 nitrogen and oxygen atoms in total. The number of aryl methyl sites for hydroxylation is 2. The van der Waals surface area contributed by atoms with E-state index in [1.807, 2.05) is 0 Å². The SMILES string of the molecule is Cc1ccc(N(C)c2ccc(C)cc2CCN)cc1. The molecule has 0 spiro atoms. The van der Waals surface area contributed by atoms with Crippen LogP contribution in [0.1, 0.15) is 16.7 Å². The Bertz CT molecular complexity index is 544. The van der Waals surface area contributed by atoms with Crippen molar-refractivity contribution in [1.29, 1.82) is 0 Å². The summed E-state index contributed by atoms with van der Waals surface area (Å²) in [6, 6.07) is 15.2. The second kappa shape index (κ2) is 5.89. The van der Waals surface area contributed by atoms with Gasteiger partial charge < -0.3 is 10.6 Å². The first-order valence-electron chi connectivity index (χ1n) is 6.72. The monoisotopic (exact) mass is 254 g/mol. The average Bonchev–Trinajstić information content (AvgIpc) is 2.39. The third kappa shape index (κ3) is 3.15. The minimum Gasteiger partial charge on any atom is -0.344 e. The average molecular weight is 254 g/mol. The Hall–Kier alpha value is -1.80. The molecule has 0 saturated heterocycles. The van der Waals surface area contributed by atoms with Gasteiger partial charge in [0.2, 0.25) is 0 Å². The summed E-state index contributed by atoms with van der Waals surface area (Å²) in [4.78, 5) is 2.23. The molecule has 0 bridgehead atoms. The van der Waals surface area contributed by atoms with Crippen LogP contribution in [0.25, 0.3) is 0 Å². The van der Waals surface area contributed by atoms with Crippen LogP contribution in [0.3, 0.4) is 0 Å². The minimum atomic E-state index is 0.679. The van der Waals surface area contributed by atoms with Crippen molar-refractivity contribution in [3.05, 3.63) is 59.2 Å². The molecule has 100 valence electrons. The Morgan fingerprint density at radius 3 is 2.21 bits per heavy atom. The van der Waals surface area contributed by atoms with Gasteiger partial charge in [0.15, 0.2) is 0 Å². The van der Waals surface area contributed by atoms with Crippen LogP contribution in [0.2, 0.25) is 0 Å². The maximum Gasteiger partial charge on any atom is 0.0441 e. The predicted octanol–water partition coefficient (Wildman–Crippen LogP) is 3.57. The van der Waals surface area contributed by atoms with E-state index in [2.05, 4.69) is 68.3 Å². The molecule has 0 saturated carbocycles. The molecule has 2 N–H and O–H groups in total. The molecule has 2 rings (SSSR count). The maximum absolute atomic E-state index is 5.72. The molecule has 0 fully saturated rings. The van der Waals surface area contributed by atoms with E-state index < -0.39 is 0 Å². The van der Waals surface area contributed by atoms with Gasteiger partial charge in [0.1, 0.15) is 0 Å². The molecule has 0 aliphatic carbocycles. The molecule has 0 amide bonds. The van der Waals surface area contributed by atoms with Crippen LogP contribution in [-0.4, -0.2) is 13.6 Å². The van der Waals surface area contributed by atoms with Crippen LogP contribution in [0.5, 0.6) is 0 Å². The fourth-order valence-corrected chi connectivity index (χ4v) is 2.30. The number of hydrogen-bond donors (Lipinski definition) is 1. The van der Waals surface area contributed by atoms with Gasteiger partial charge in [0.05, 0.1) is 0 Å². The molecule has 2 aromatic rings. The second-order valence-corrected chi connectivity index (χ2v) is 5.07. The summed E-state index contributed by atoms with van der Waals surface area (Å²) < 4.78 is 0. The largest absolute Gasteiger partial charge is 0.344 e. The van der Waals surface area contributed by atoms with Gasteiger partial charge >= 0.3 is 0 Å². The highest BCUT2D eigenvalue weighted by atomic mass is 15.1. The van der Waals surface area contributed by atoms with Crippen LogP contribution in [-0.2, 0) is 6.42 Å². The summed E-state index contributed by atoms with van der Waals surface area (Å²) in [6.07, 6.45) is 0.910. The van der Waals surface area contributed by atoms with E-state index in [1.165, 1.54) is 28.1 Å². The fourth-order valence-electron chi connectivity index (χ4n) is 2.30. The molecule has 0 atom stereocenters. The van der Waals surface area contributed by atoms with E-state index in [0.717, 1.165) is 6.42 Å². The van der Waals surface area contributed by atoms with Gasteiger partial charge in [0.25, 0.3) is 0 Å². The van der Waals surface area contributed by atoms with Gasteiger partial charge in [-0.1, -0.05) is 35.4 Å². The zero-order chi connectivity index (χ0) is 13.8. The van der Waals surface area contributed by atoms with Gasteiger partial charge in [0, 0.05) is 18.4 Å². The lowest BCUT2D eigenvalue weighted by Crippen LogP contribution is -2.14. The Labute approximate surface area is 115 Å². The predicted molar refractivity (Wildman–Crippen MR) is 83.2 cm³/mol. The zero-order valence-electron chi connectivity index (χ0n) is 12.0. The Kier molecular flexibility index (Phi) is 4.23. The zero-order valence-corrected chi connectivity index (χ0v) is 12.0. The van der Waals surface area contributed by atoms with Crippen molar-refractivity contribution >= 4 is 11.4 Å². The molecular formula is C17H22N2. The van der Waals surface area contributed by atoms with E-state index in [0.29, 0.717) is 6.54 Å². The van der Waals surface area contributed by atoms with Gasteiger partial charge in [-0.2, -0.15) is 0 Å². The van der Waals surface area contributed by atoms with Crippen LogP contribution in [0, 0.1) is 13.8 Å². The van der Waals surface area contributed by atoms with Crippen molar-refractivity contribution in [2.75, 3.05) is 18.5 Å². The number of benzene rings is 2. The Morgan fingerprint density at radius 1 is 0.947 bits per heavy atom. The Balaban J connectivity index is 2.37. The molecule has 2 aromatic carbocycles. The molecule has 0 aromatic heterocycles. The maximum atomic E-state index is 5.72. The number of nitrogens with zero attached hydrogens (tertiary/aromatic N) is 1. The van der Waals surface area contributed by atoms with Crippen molar-refractivity contribution in [1.82, 2.24) is 0 Å². The minimum absolute atomic E-state index is 0.679. The lowest BCUT2D eigenvalue weighted by Gasteiger charge is -2.23. The van der Waals surface area contributed by atoms with Gasteiger partial charge in [-0.05, 0) is 50.6 Å². The van der Waals surface area contributed by atoms with E-state index in [4.69, 9.17) is 5.73 Å². The first-order chi connectivity index (χ1) is 9.11. The molecule has 0 heterocycles. The lowest BCUT2D eigenvalue weighted by molar-refractivity contribution is 0.958. The topological polar surface area (TPSA) is 29.3 Å². The fraction of sp³-hybridized carbons (Fsp3) is 0.294. The number of nitrogens with two attached hydrogens (primary N) is 1. The van der Waals surface area contributed by atoms with Crippen molar-refractivity contribution < 1.29 is 0 Å². The highest BCUT2D eigenvalue weighted by Crippen LogP contribution is 2.28. The lowest BCUT2D eigenvalue weighted by atomic mass is 10.0. The highest BCUT2D eigenvalue weighted by Gasteiger charge is 2.09. The molecule has 0 aliphatic heterocycles. The van der Waals surface area contributed by atoms with Gasteiger partial charge in [-0.25, -0.2) is 0 Å². The summed E-state index contributed by atoms with van der Waals surface area (Å²) in [6.45, 7) is 4.91. The number of anilines is 2. The summed E-state index contributed by atoms with van der Waals surface area (Å²) >= 11 is 0. The molecular weight excluding hydrogens is 232 g/mol.